The summed E-state index contributed by atoms with van der Waals surface area (Å²) in [5.41, 5.74) is 0.584. The van der Waals surface area contributed by atoms with Crippen LogP contribution in [0.15, 0.2) is 30.3 Å². The second-order valence-electron chi connectivity index (χ2n) is 3.28. The molecule has 1 aromatic carbocycles. The zero-order valence-corrected chi connectivity index (χ0v) is 9.03. The molecule has 1 aliphatic rings. The Morgan fingerprint density at radius 2 is 2.20 bits per heavy atom. The molecule has 0 spiro atoms. The van der Waals surface area contributed by atoms with E-state index in [0.29, 0.717) is 5.56 Å². The van der Waals surface area contributed by atoms with E-state index in [4.69, 9.17) is 8.92 Å². The van der Waals surface area contributed by atoms with Crippen LogP contribution in [0.3, 0.4) is 0 Å². The fourth-order valence-corrected chi connectivity index (χ4v) is 2.05. The topological polar surface area (TPSA) is 35.5 Å². The summed E-state index contributed by atoms with van der Waals surface area (Å²) in [6, 6.07) is 8.96. The molecule has 1 saturated heterocycles. The van der Waals surface area contributed by atoms with E-state index < -0.39 is 0 Å². The first-order valence-electron chi connectivity index (χ1n) is 4.90. The van der Waals surface area contributed by atoms with Gasteiger partial charge >= 0.3 is 5.97 Å². The van der Waals surface area contributed by atoms with Gasteiger partial charge in [0.2, 0.25) is 0 Å². The van der Waals surface area contributed by atoms with E-state index in [9.17, 15) is 4.79 Å². The lowest BCUT2D eigenvalue weighted by molar-refractivity contribution is 0.0754. The second kappa shape index (κ2) is 5.19. The number of rotatable bonds is 3. The average Bonchev–Trinajstić information content (AvgIpc) is 2.80. The Labute approximate surface area is 93.0 Å². The minimum atomic E-state index is -0.309. The van der Waals surface area contributed by atoms with Crippen LogP contribution in [0, 0.1) is 0 Å². The molecule has 0 saturated carbocycles. The number of carbonyl (C=O) groups excluding carboxylic acids is 1. The lowest BCUT2D eigenvalue weighted by Gasteiger charge is -2.07. The summed E-state index contributed by atoms with van der Waals surface area (Å²) < 4.78 is 10.4. The van der Waals surface area contributed by atoms with Crippen molar-refractivity contribution in [3.8, 4) is 0 Å². The van der Waals surface area contributed by atoms with Gasteiger partial charge in [0.05, 0.1) is 17.6 Å². The van der Waals surface area contributed by atoms with Crippen molar-refractivity contribution in [2.75, 3.05) is 6.61 Å². The summed E-state index contributed by atoms with van der Waals surface area (Å²) in [6.07, 6.45) is 1.99. The number of carbonyl (C=O) groups is 1. The molecule has 4 heteroatoms. The molecule has 0 amide bonds. The van der Waals surface area contributed by atoms with Gasteiger partial charge < -0.3 is 8.92 Å². The van der Waals surface area contributed by atoms with Crippen LogP contribution in [0.1, 0.15) is 23.2 Å². The molecule has 1 unspecified atom stereocenters. The number of hydrogen-bond acceptors (Lipinski definition) is 4. The fourth-order valence-electron chi connectivity index (χ4n) is 1.34. The zero-order valence-electron chi connectivity index (χ0n) is 8.22. The van der Waals surface area contributed by atoms with Crippen molar-refractivity contribution in [3.05, 3.63) is 35.9 Å². The van der Waals surface area contributed by atoms with Crippen LogP contribution >= 0.6 is 12.0 Å². The lowest BCUT2D eigenvalue weighted by Crippen LogP contribution is -2.05. The quantitative estimate of drug-likeness (QED) is 0.739. The van der Waals surface area contributed by atoms with Crippen molar-refractivity contribution < 1.29 is 13.7 Å². The molecule has 0 bridgehead atoms. The number of ether oxygens (including phenoxy) is 1. The third-order valence-corrected chi connectivity index (χ3v) is 2.96. The lowest BCUT2D eigenvalue weighted by atomic mass is 10.2. The molecule has 1 fully saturated rings. The van der Waals surface area contributed by atoms with Gasteiger partial charge in [0.25, 0.3) is 0 Å². The largest absolute Gasteiger partial charge is 0.385 e. The monoisotopic (exact) mass is 224 g/mol. The van der Waals surface area contributed by atoms with Crippen LogP contribution in [-0.4, -0.2) is 18.0 Å². The van der Waals surface area contributed by atoms with Gasteiger partial charge in [-0.25, -0.2) is 4.79 Å². The van der Waals surface area contributed by atoms with Gasteiger partial charge in [-0.3, -0.25) is 0 Å². The molecule has 1 atom stereocenters. The van der Waals surface area contributed by atoms with E-state index in [0.717, 1.165) is 31.5 Å². The van der Waals surface area contributed by atoms with Gasteiger partial charge in [0.15, 0.2) is 0 Å². The minimum Gasteiger partial charge on any atom is -0.385 e. The van der Waals surface area contributed by atoms with E-state index in [1.165, 1.54) is 0 Å². The van der Waals surface area contributed by atoms with E-state index >= 15 is 0 Å². The normalized spacial score (nSPS) is 20.1. The first kappa shape index (κ1) is 10.5. The first-order valence-corrected chi connectivity index (χ1v) is 5.71. The highest BCUT2D eigenvalue weighted by molar-refractivity contribution is 7.95. The molecule has 0 aromatic heterocycles. The Morgan fingerprint density at radius 3 is 2.87 bits per heavy atom. The van der Waals surface area contributed by atoms with E-state index in [1.54, 1.807) is 12.1 Å². The van der Waals surface area contributed by atoms with Crippen LogP contribution in [-0.2, 0) is 8.92 Å². The number of hydrogen-bond donors (Lipinski definition) is 0. The Balaban J connectivity index is 1.82. The summed E-state index contributed by atoms with van der Waals surface area (Å²) in [7, 11) is 0. The van der Waals surface area contributed by atoms with Crippen LogP contribution in [0.25, 0.3) is 0 Å². The smallest absolute Gasteiger partial charge is 0.350 e. The molecule has 2 rings (SSSR count). The second-order valence-corrected chi connectivity index (χ2v) is 4.16. The molecule has 0 N–H and O–H groups in total. The van der Waals surface area contributed by atoms with Crippen molar-refractivity contribution in [1.29, 1.82) is 0 Å². The van der Waals surface area contributed by atoms with E-state index in [-0.39, 0.29) is 11.4 Å². The molecule has 1 aromatic rings. The van der Waals surface area contributed by atoms with Gasteiger partial charge in [-0.1, -0.05) is 18.2 Å². The summed E-state index contributed by atoms with van der Waals surface area (Å²) in [6.45, 7) is 0.764. The molecular formula is C11H12O3S. The fraction of sp³-hybridized carbons (Fsp3) is 0.364. The summed E-state index contributed by atoms with van der Waals surface area (Å²) in [5, 5.41) is 0. The van der Waals surface area contributed by atoms with Crippen LogP contribution in [0.5, 0.6) is 0 Å². The summed E-state index contributed by atoms with van der Waals surface area (Å²) >= 11 is 1.12. The zero-order chi connectivity index (χ0) is 10.5. The third-order valence-electron chi connectivity index (χ3n) is 2.13. The van der Waals surface area contributed by atoms with Crippen molar-refractivity contribution in [2.24, 2.45) is 0 Å². The Bertz CT molecular complexity index is 320. The van der Waals surface area contributed by atoms with Crippen LogP contribution in [0.4, 0.5) is 0 Å². The Morgan fingerprint density at radius 1 is 1.40 bits per heavy atom. The van der Waals surface area contributed by atoms with Crippen molar-refractivity contribution in [2.45, 2.75) is 18.3 Å². The number of benzene rings is 1. The van der Waals surface area contributed by atoms with Gasteiger partial charge in [-0.15, -0.1) is 0 Å². The summed E-state index contributed by atoms with van der Waals surface area (Å²) in [4.78, 5) is 11.5. The molecule has 1 aliphatic heterocycles. The van der Waals surface area contributed by atoms with Crippen LogP contribution in [0.2, 0.25) is 0 Å². The van der Waals surface area contributed by atoms with Crippen LogP contribution < -0.4 is 0 Å². The molecule has 1 heterocycles. The minimum absolute atomic E-state index is 0.0117. The molecule has 80 valence electrons. The molecule has 15 heavy (non-hydrogen) atoms. The van der Waals surface area contributed by atoms with Gasteiger partial charge in [0, 0.05) is 6.61 Å². The van der Waals surface area contributed by atoms with Crippen molar-refractivity contribution >= 4 is 18.0 Å². The molecule has 3 nitrogen and oxygen atoms in total. The highest BCUT2D eigenvalue weighted by Gasteiger charge is 2.19. The predicted molar refractivity (Wildman–Crippen MR) is 58.4 cm³/mol. The highest BCUT2D eigenvalue weighted by Crippen LogP contribution is 2.25. The van der Waals surface area contributed by atoms with Gasteiger partial charge in [-0.05, 0) is 25.0 Å². The van der Waals surface area contributed by atoms with Crippen molar-refractivity contribution in [3.63, 3.8) is 0 Å². The molecular weight excluding hydrogens is 212 g/mol. The Hall–Kier alpha value is -1.00. The summed E-state index contributed by atoms with van der Waals surface area (Å²) in [5.74, 6) is -0.309. The first-order chi connectivity index (χ1) is 7.36. The van der Waals surface area contributed by atoms with E-state index in [1.807, 2.05) is 18.2 Å². The van der Waals surface area contributed by atoms with Gasteiger partial charge in [-0.2, -0.15) is 0 Å². The predicted octanol–water partition coefficient (Wildman–Crippen LogP) is 2.63. The van der Waals surface area contributed by atoms with E-state index in [2.05, 4.69) is 0 Å². The molecule has 0 aliphatic carbocycles. The standard InChI is InChI=1S/C11H12O3S/c12-11(9-5-2-1-3-6-9)14-15-10-7-4-8-13-10/h1-3,5-6,10H,4,7-8H2. The highest BCUT2D eigenvalue weighted by atomic mass is 32.2. The average molecular weight is 224 g/mol. The SMILES string of the molecule is O=C(OSC1CCCO1)c1ccccc1. The molecule has 0 radical (unpaired) electrons. The maximum atomic E-state index is 11.5. The van der Waals surface area contributed by atoms with Crippen molar-refractivity contribution in [1.82, 2.24) is 0 Å². The maximum absolute atomic E-state index is 11.5. The third kappa shape index (κ3) is 2.97. The Kier molecular flexibility index (Phi) is 3.64. The van der Waals surface area contributed by atoms with Gasteiger partial charge in [0.1, 0.15) is 5.44 Å². The maximum Gasteiger partial charge on any atom is 0.350 e.